The maximum absolute atomic E-state index is 13.7. The minimum Gasteiger partial charge on any atom is -0.321 e. The Kier molecular flexibility index (Phi) is 7.42. The van der Waals surface area contributed by atoms with Crippen LogP contribution in [0.25, 0.3) is 0 Å². The maximum Gasteiger partial charge on any atom is 0.460 e. The summed E-state index contributed by atoms with van der Waals surface area (Å²) in [6.45, 7) is 0. The van der Waals surface area contributed by atoms with Gasteiger partial charge in [0.05, 0.1) is 0 Å². The molecule has 0 aliphatic heterocycles. The van der Waals surface area contributed by atoms with Crippen LogP contribution in [0.4, 0.5) is 80.3 Å². The Bertz CT molecular complexity index is 938. The molecule has 0 saturated carbocycles. The number of carbonyl (C=O) groups is 1. The van der Waals surface area contributed by atoms with E-state index in [-0.39, 0.29) is 5.02 Å². The lowest BCUT2D eigenvalue weighted by atomic mass is 9.89. The topological polar surface area (TPSA) is 29.1 Å². The summed E-state index contributed by atoms with van der Waals surface area (Å²) in [5.74, 6) is -61.8. The van der Waals surface area contributed by atoms with Crippen LogP contribution in [-0.2, 0) is 4.79 Å². The zero-order valence-corrected chi connectivity index (χ0v) is 16.3. The Labute approximate surface area is 186 Å². The summed E-state index contributed by atoms with van der Waals surface area (Å²) < 4.78 is 223. The first-order valence-electron chi connectivity index (χ1n) is 7.93. The van der Waals surface area contributed by atoms with Gasteiger partial charge in [0.1, 0.15) is 0 Å². The van der Waals surface area contributed by atoms with Gasteiger partial charge in [-0.25, -0.2) is 0 Å². The van der Waals surface area contributed by atoms with Crippen molar-refractivity contribution in [1.29, 1.82) is 0 Å². The maximum atomic E-state index is 13.7. The summed E-state index contributed by atoms with van der Waals surface area (Å²) in [4.78, 5) is 11.3. The Morgan fingerprint density at radius 1 is 0.543 bits per heavy atom. The van der Waals surface area contributed by atoms with E-state index in [4.69, 9.17) is 11.6 Å². The summed E-state index contributed by atoms with van der Waals surface area (Å²) in [6.07, 6.45) is -7.84. The van der Waals surface area contributed by atoms with Gasteiger partial charge < -0.3 is 5.32 Å². The average Bonchev–Trinajstić information content (AvgIpc) is 2.67. The van der Waals surface area contributed by atoms with Gasteiger partial charge in [-0.05, 0) is 24.3 Å². The largest absolute Gasteiger partial charge is 0.460 e. The zero-order valence-electron chi connectivity index (χ0n) is 15.5. The molecule has 0 unspecified atom stereocenters. The summed E-state index contributed by atoms with van der Waals surface area (Å²) in [5.41, 5.74) is -0.966. The predicted octanol–water partition coefficient (Wildman–Crippen LogP) is 7.29. The molecule has 0 fully saturated rings. The number of hydrogen-bond acceptors (Lipinski definition) is 1. The molecule has 2 nitrogen and oxygen atoms in total. The molecule has 202 valence electrons. The minimum atomic E-state index is -8.76. The summed E-state index contributed by atoms with van der Waals surface area (Å²) >= 11 is 5.34. The number of benzene rings is 1. The van der Waals surface area contributed by atoms with E-state index in [9.17, 15) is 79.4 Å². The number of alkyl halides is 17. The standard InChI is InChI=1S/C15H5ClF17NO/c16-5-1-3-6(4-2-5)34-7(35)8(17,18)9(19,20)10(21,22)11(23,24)12(25,26)13(27,28)14(29,30)15(31,32)33/h1-4H,(H,34,35). The predicted molar refractivity (Wildman–Crippen MR) is 80.8 cm³/mol. The third-order valence-corrected chi connectivity index (χ3v) is 4.36. The minimum absolute atomic E-state index is 0.190. The number of hydrogen-bond donors (Lipinski definition) is 1. The number of nitrogens with one attached hydrogen (secondary N) is 1. The van der Waals surface area contributed by atoms with E-state index in [1.54, 1.807) is 0 Å². The smallest absolute Gasteiger partial charge is 0.321 e. The molecule has 1 amide bonds. The molecular formula is C15H5ClF17NO. The van der Waals surface area contributed by atoms with Crippen LogP contribution in [0.1, 0.15) is 0 Å². The molecule has 0 heterocycles. The summed E-state index contributed by atoms with van der Waals surface area (Å²) in [7, 11) is 0. The number of rotatable bonds is 8. The van der Waals surface area contributed by atoms with Crippen molar-refractivity contribution in [2.45, 2.75) is 47.6 Å². The van der Waals surface area contributed by atoms with Crippen molar-refractivity contribution in [3.63, 3.8) is 0 Å². The van der Waals surface area contributed by atoms with Crippen molar-refractivity contribution in [3.8, 4) is 0 Å². The molecule has 0 aromatic heterocycles. The highest BCUT2D eigenvalue weighted by Gasteiger charge is 2.95. The molecule has 1 aromatic carbocycles. The van der Waals surface area contributed by atoms with Crippen LogP contribution in [0, 0.1) is 0 Å². The highest BCUT2D eigenvalue weighted by Crippen LogP contribution is 2.63. The van der Waals surface area contributed by atoms with Gasteiger partial charge in [0.25, 0.3) is 0 Å². The van der Waals surface area contributed by atoms with Crippen LogP contribution in [0.2, 0.25) is 5.02 Å². The lowest BCUT2D eigenvalue weighted by Gasteiger charge is -2.42. The molecule has 20 heteroatoms. The van der Waals surface area contributed by atoms with E-state index >= 15 is 0 Å². The fourth-order valence-corrected chi connectivity index (χ4v) is 2.18. The Balaban J connectivity index is 3.56. The number of carbonyl (C=O) groups excluding carboxylic acids is 1. The number of anilines is 1. The van der Waals surface area contributed by atoms with Gasteiger partial charge in [0, 0.05) is 10.7 Å². The van der Waals surface area contributed by atoms with E-state index in [0.717, 1.165) is 17.4 Å². The third kappa shape index (κ3) is 4.32. The van der Waals surface area contributed by atoms with E-state index in [0.29, 0.717) is 12.1 Å². The second kappa shape index (κ2) is 8.43. The average molecular weight is 574 g/mol. The van der Waals surface area contributed by atoms with Gasteiger partial charge in [-0.15, -0.1) is 0 Å². The van der Waals surface area contributed by atoms with Crippen LogP contribution >= 0.6 is 11.6 Å². The fourth-order valence-electron chi connectivity index (χ4n) is 2.05. The monoisotopic (exact) mass is 573 g/mol. The van der Waals surface area contributed by atoms with Gasteiger partial charge in [-0.3, -0.25) is 4.79 Å². The highest BCUT2D eigenvalue weighted by molar-refractivity contribution is 6.30. The van der Waals surface area contributed by atoms with Crippen molar-refractivity contribution in [2.75, 3.05) is 5.32 Å². The summed E-state index contributed by atoms with van der Waals surface area (Å²) in [5, 5.41) is 0.552. The lowest BCUT2D eigenvalue weighted by molar-refractivity contribution is -0.459. The van der Waals surface area contributed by atoms with Crippen LogP contribution in [0.3, 0.4) is 0 Å². The Morgan fingerprint density at radius 2 is 0.857 bits per heavy atom. The van der Waals surface area contributed by atoms with Crippen molar-refractivity contribution < 1.29 is 79.4 Å². The third-order valence-electron chi connectivity index (χ3n) is 4.11. The molecular weight excluding hydrogens is 569 g/mol. The molecule has 0 bridgehead atoms. The molecule has 0 atom stereocenters. The fraction of sp³-hybridized carbons (Fsp3) is 0.533. The van der Waals surface area contributed by atoms with Gasteiger partial charge in [-0.2, -0.15) is 74.6 Å². The molecule has 0 aliphatic rings. The molecule has 1 N–H and O–H groups in total. The highest BCUT2D eigenvalue weighted by atomic mass is 35.5. The van der Waals surface area contributed by atoms with E-state index in [2.05, 4.69) is 0 Å². The van der Waals surface area contributed by atoms with Gasteiger partial charge >= 0.3 is 53.5 Å². The molecule has 0 radical (unpaired) electrons. The second-order valence-electron chi connectivity index (χ2n) is 6.48. The van der Waals surface area contributed by atoms with Crippen molar-refractivity contribution in [3.05, 3.63) is 29.3 Å². The van der Waals surface area contributed by atoms with Gasteiger partial charge in [0.15, 0.2) is 0 Å². The van der Waals surface area contributed by atoms with E-state index < -0.39 is 59.2 Å². The molecule has 35 heavy (non-hydrogen) atoms. The van der Waals surface area contributed by atoms with Crippen LogP contribution in [0.5, 0.6) is 0 Å². The van der Waals surface area contributed by atoms with Crippen LogP contribution < -0.4 is 5.32 Å². The Morgan fingerprint density at radius 3 is 1.20 bits per heavy atom. The Hall–Kier alpha value is -2.21. The summed E-state index contributed by atoms with van der Waals surface area (Å²) in [6, 6.07) is 2.60. The normalized spacial score (nSPS) is 15.3. The van der Waals surface area contributed by atoms with E-state index in [1.165, 1.54) is 0 Å². The first-order chi connectivity index (χ1) is 15.1. The van der Waals surface area contributed by atoms with Crippen molar-refractivity contribution in [1.82, 2.24) is 0 Å². The molecule has 0 aliphatic carbocycles. The quantitative estimate of drug-likeness (QED) is 0.325. The molecule has 0 saturated heterocycles. The van der Waals surface area contributed by atoms with Crippen LogP contribution in [-0.4, -0.2) is 53.5 Å². The molecule has 0 spiro atoms. The van der Waals surface area contributed by atoms with Crippen LogP contribution in [0.15, 0.2) is 24.3 Å². The molecule has 1 aromatic rings. The molecule has 1 rings (SSSR count). The number of amides is 1. The number of halogens is 18. The lowest BCUT2D eigenvalue weighted by Crippen LogP contribution is -2.75. The zero-order chi connectivity index (χ0) is 28.3. The second-order valence-corrected chi connectivity index (χ2v) is 6.92. The van der Waals surface area contributed by atoms with Crippen molar-refractivity contribution >= 4 is 23.2 Å². The van der Waals surface area contributed by atoms with Crippen molar-refractivity contribution in [2.24, 2.45) is 0 Å². The SMILES string of the molecule is O=C(Nc1ccc(Cl)cc1)C(F)(F)C(F)(F)C(F)(F)C(F)(F)C(F)(F)C(F)(F)C(F)(F)C(F)(F)F. The van der Waals surface area contributed by atoms with E-state index in [1.807, 2.05) is 0 Å². The first kappa shape index (κ1) is 30.8. The van der Waals surface area contributed by atoms with Gasteiger partial charge in [0.2, 0.25) is 0 Å². The first-order valence-corrected chi connectivity index (χ1v) is 8.31. The van der Waals surface area contributed by atoms with Gasteiger partial charge in [-0.1, -0.05) is 11.6 Å².